The molecule has 0 aliphatic heterocycles. The topological polar surface area (TPSA) is 80.9 Å². The number of anilines is 1. The average molecular weight is 304 g/mol. The summed E-state index contributed by atoms with van der Waals surface area (Å²) < 4.78 is 0. The fraction of sp³-hybridized carbons (Fsp3) is 0.0556. The highest BCUT2D eigenvalue weighted by atomic mass is 16.1. The molecule has 0 unspecified atom stereocenters. The third-order valence-corrected chi connectivity index (χ3v) is 3.45. The largest absolute Gasteiger partial charge is 0.366 e. The van der Waals surface area contributed by atoms with Crippen molar-refractivity contribution in [2.45, 2.75) is 6.54 Å². The zero-order chi connectivity index (χ0) is 16.1. The lowest BCUT2D eigenvalue weighted by Gasteiger charge is -2.11. The van der Waals surface area contributed by atoms with Crippen LogP contribution in [0.3, 0.4) is 0 Å². The van der Waals surface area contributed by atoms with E-state index in [0.29, 0.717) is 12.1 Å². The third-order valence-electron chi connectivity index (χ3n) is 3.45. The number of nitrogens with two attached hydrogens (primary N) is 1. The maximum atomic E-state index is 11.4. The van der Waals surface area contributed by atoms with Gasteiger partial charge in [0.05, 0.1) is 0 Å². The minimum absolute atomic E-state index is 0.444. The number of nitrogens with zero attached hydrogens (tertiary/aromatic N) is 2. The van der Waals surface area contributed by atoms with Gasteiger partial charge in [-0.15, -0.1) is 0 Å². The third kappa shape index (κ3) is 3.52. The lowest BCUT2D eigenvalue weighted by molar-refractivity contribution is 0.100. The van der Waals surface area contributed by atoms with E-state index in [2.05, 4.69) is 15.3 Å². The molecule has 0 radical (unpaired) electrons. The first kappa shape index (κ1) is 14.7. The second-order valence-corrected chi connectivity index (χ2v) is 5.06. The first-order valence-corrected chi connectivity index (χ1v) is 7.22. The van der Waals surface area contributed by atoms with Gasteiger partial charge >= 0.3 is 0 Å². The molecule has 3 N–H and O–H groups in total. The Bertz CT molecular complexity index is 818. The number of aromatic nitrogens is 2. The first-order chi connectivity index (χ1) is 11.2. The molecule has 0 bridgehead atoms. The Kier molecular flexibility index (Phi) is 4.29. The molecule has 5 heteroatoms. The minimum atomic E-state index is -0.444. The van der Waals surface area contributed by atoms with Crippen LogP contribution in [0.4, 0.5) is 5.82 Å². The van der Waals surface area contributed by atoms with E-state index in [0.717, 1.165) is 22.5 Å². The van der Waals surface area contributed by atoms with Crippen LogP contribution >= 0.6 is 0 Å². The van der Waals surface area contributed by atoms with Crippen LogP contribution in [0, 0.1) is 0 Å². The van der Waals surface area contributed by atoms with E-state index in [9.17, 15) is 4.79 Å². The van der Waals surface area contributed by atoms with Gasteiger partial charge in [-0.3, -0.25) is 9.78 Å². The second kappa shape index (κ2) is 6.70. The molecule has 1 amide bonds. The molecule has 23 heavy (non-hydrogen) atoms. The summed E-state index contributed by atoms with van der Waals surface area (Å²) in [5, 5.41) is 3.31. The highest BCUT2D eigenvalue weighted by Crippen LogP contribution is 2.27. The SMILES string of the molecule is NC(=O)c1cccc(-c2cccnc2NCc2cccnc2)c1. The summed E-state index contributed by atoms with van der Waals surface area (Å²) in [5.74, 6) is 0.304. The Morgan fingerprint density at radius 1 is 1.09 bits per heavy atom. The van der Waals surface area contributed by atoms with E-state index >= 15 is 0 Å². The van der Waals surface area contributed by atoms with Gasteiger partial charge < -0.3 is 11.1 Å². The molecule has 2 aromatic heterocycles. The van der Waals surface area contributed by atoms with E-state index in [-0.39, 0.29) is 0 Å². The minimum Gasteiger partial charge on any atom is -0.366 e. The van der Waals surface area contributed by atoms with Crippen molar-refractivity contribution in [2.24, 2.45) is 5.73 Å². The van der Waals surface area contributed by atoms with Gasteiger partial charge in [0.2, 0.25) is 5.91 Å². The number of benzene rings is 1. The number of nitrogens with one attached hydrogen (secondary N) is 1. The Morgan fingerprint density at radius 3 is 2.74 bits per heavy atom. The number of carbonyl (C=O) groups is 1. The standard InChI is InChI=1S/C18H16N4O/c19-17(23)15-6-1-5-14(10-15)16-7-3-9-21-18(16)22-12-13-4-2-8-20-11-13/h1-11H,12H2,(H2,19,23)(H,21,22). The van der Waals surface area contributed by atoms with Gasteiger partial charge in [-0.25, -0.2) is 4.98 Å². The molecule has 3 rings (SSSR count). The number of pyridine rings is 2. The van der Waals surface area contributed by atoms with Crippen molar-refractivity contribution in [2.75, 3.05) is 5.32 Å². The zero-order valence-corrected chi connectivity index (χ0v) is 12.4. The molecule has 0 saturated heterocycles. The maximum absolute atomic E-state index is 11.4. The van der Waals surface area contributed by atoms with E-state index in [1.165, 1.54) is 0 Å². The van der Waals surface area contributed by atoms with Crippen molar-refractivity contribution in [3.8, 4) is 11.1 Å². The number of amides is 1. The molecular weight excluding hydrogens is 288 g/mol. The zero-order valence-electron chi connectivity index (χ0n) is 12.4. The smallest absolute Gasteiger partial charge is 0.248 e. The first-order valence-electron chi connectivity index (χ1n) is 7.22. The Hall–Kier alpha value is -3.21. The molecule has 0 aliphatic rings. The molecular formula is C18H16N4O. The van der Waals surface area contributed by atoms with E-state index < -0.39 is 5.91 Å². The lowest BCUT2D eigenvalue weighted by atomic mass is 10.0. The monoisotopic (exact) mass is 304 g/mol. The molecule has 0 aliphatic carbocycles. The number of hydrogen-bond donors (Lipinski definition) is 2. The molecule has 0 saturated carbocycles. The van der Waals surface area contributed by atoms with Gasteiger partial charge in [0.15, 0.2) is 0 Å². The van der Waals surface area contributed by atoms with Crippen molar-refractivity contribution in [3.05, 3.63) is 78.2 Å². The number of rotatable bonds is 5. The van der Waals surface area contributed by atoms with Gasteiger partial charge in [0, 0.05) is 36.3 Å². The number of hydrogen-bond acceptors (Lipinski definition) is 4. The fourth-order valence-corrected chi connectivity index (χ4v) is 2.31. The van der Waals surface area contributed by atoms with Crippen molar-refractivity contribution in [3.63, 3.8) is 0 Å². The van der Waals surface area contributed by atoms with Gasteiger partial charge in [0.1, 0.15) is 5.82 Å². The Balaban J connectivity index is 1.89. The highest BCUT2D eigenvalue weighted by molar-refractivity contribution is 5.94. The lowest BCUT2D eigenvalue weighted by Crippen LogP contribution is -2.10. The van der Waals surface area contributed by atoms with Crippen LogP contribution in [-0.2, 0) is 6.54 Å². The summed E-state index contributed by atoms with van der Waals surface area (Å²) in [6.07, 6.45) is 5.28. The quantitative estimate of drug-likeness (QED) is 0.759. The Morgan fingerprint density at radius 2 is 1.96 bits per heavy atom. The van der Waals surface area contributed by atoms with Gasteiger partial charge in [-0.05, 0) is 41.5 Å². The average Bonchev–Trinajstić information content (AvgIpc) is 2.61. The molecule has 2 heterocycles. The molecule has 0 spiro atoms. The summed E-state index contributed by atoms with van der Waals surface area (Å²) in [6.45, 7) is 0.618. The molecule has 0 fully saturated rings. The van der Waals surface area contributed by atoms with E-state index in [1.54, 1.807) is 24.5 Å². The van der Waals surface area contributed by atoms with Crippen LogP contribution in [-0.4, -0.2) is 15.9 Å². The van der Waals surface area contributed by atoms with Crippen LogP contribution in [0.5, 0.6) is 0 Å². The van der Waals surface area contributed by atoms with Crippen LogP contribution in [0.1, 0.15) is 15.9 Å². The second-order valence-electron chi connectivity index (χ2n) is 5.06. The number of primary amides is 1. The van der Waals surface area contributed by atoms with Gasteiger partial charge in [-0.2, -0.15) is 0 Å². The summed E-state index contributed by atoms with van der Waals surface area (Å²) in [7, 11) is 0. The molecule has 5 nitrogen and oxygen atoms in total. The normalized spacial score (nSPS) is 10.3. The van der Waals surface area contributed by atoms with Crippen molar-refractivity contribution < 1.29 is 4.79 Å². The fourth-order valence-electron chi connectivity index (χ4n) is 2.31. The summed E-state index contributed by atoms with van der Waals surface area (Å²) in [6, 6.07) is 14.9. The molecule has 0 atom stereocenters. The maximum Gasteiger partial charge on any atom is 0.248 e. The van der Waals surface area contributed by atoms with Crippen LogP contribution in [0.25, 0.3) is 11.1 Å². The predicted octanol–water partition coefficient (Wildman–Crippen LogP) is 2.85. The van der Waals surface area contributed by atoms with Crippen molar-refractivity contribution >= 4 is 11.7 Å². The predicted molar refractivity (Wildman–Crippen MR) is 89.8 cm³/mol. The summed E-state index contributed by atoms with van der Waals surface area (Å²) in [5.41, 5.74) is 8.71. The van der Waals surface area contributed by atoms with Gasteiger partial charge in [0.25, 0.3) is 0 Å². The van der Waals surface area contributed by atoms with Crippen LogP contribution in [0.2, 0.25) is 0 Å². The molecule has 3 aromatic rings. The molecule has 114 valence electrons. The molecule has 1 aromatic carbocycles. The van der Waals surface area contributed by atoms with Gasteiger partial charge in [-0.1, -0.05) is 18.2 Å². The van der Waals surface area contributed by atoms with Crippen molar-refractivity contribution in [1.29, 1.82) is 0 Å². The van der Waals surface area contributed by atoms with E-state index in [4.69, 9.17) is 5.73 Å². The highest BCUT2D eigenvalue weighted by Gasteiger charge is 2.08. The number of carbonyl (C=O) groups excluding carboxylic acids is 1. The van der Waals surface area contributed by atoms with Crippen LogP contribution < -0.4 is 11.1 Å². The summed E-state index contributed by atoms with van der Waals surface area (Å²) in [4.78, 5) is 19.9. The van der Waals surface area contributed by atoms with E-state index in [1.807, 2.05) is 42.6 Å². The Labute approximate surface area is 134 Å². The van der Waals surface area contributed by atoms with Crippen molar-refractivity contribution in [1.82, 2.24) is 9.97 Å². The summed E-state index contributed by atoms with van der Waals surface area (Å²) >= 11 is 0. The van der Waals surface area contributed by atoms with Crippen LogP contribution in [0.15, 0.2) is 67.1 Å².